The van der Waals surface area contributed by atoms with E-state index in [9.17, 15) is 14.7 Å². The zero-order chi connectivity index (χ0) is 9.84. The van der Waals surface area contributed by atoms with E-state index < -0.39 is 11.9 Å². The molecule has 0 N–H and O–H groups in total. The van der Waals surface area contributed by atoms with E-state index in [-0.39, 0.29) is 24.4 Å². The number of hydrogen-bond donors (Lipinski definition) is 0. The maximum absolute atomic E-state index is 10.9. The summed E-state index contributed by atoms with van der Waals surface area (Å²) in [5, 5.41) is 10.3. The van der Waals surface area contributed by atoms with Gasteiger partial charge in [-0.25, -0.2) is 4.79 Å². The van der Waals surface area contributed by atoms with Crippen LogP contribution in [0.4, 0.5) is 0 Å². The van der Waals surface area contributed by atoms with Crippen molar-refractivity contribution >= 4 is 11.9 Å². The van der Waals surface area contributed by atoms with Crippen molar-refractivity contribution in [3.05, 3.63) is 35.4 Å². The molecule has 0 amide bonds. The van der Waals surface area contributed by atoms with Crippen LogP contribution < -0.4 is 24.0 Å². The average Bonchev–Trinajstić information content (AvgIpc) is 2.17. The second-order valence-corrected chi connectivity index (χ2v) is 2.36. The van der Waals surface area contributed by atoms with Gasteiger partial charge < -0.3 is 14.6 Å². The van der Waals surface area contributed by atoms with Gasteiger partial charge in [-0.1, -0.05) is 12.1 Å². The predicted molar refractivity (Wildman–Crippen MR) is 42.1 cm³/mol. The second kappa shape index (κ2) is 5.48. The van der Waals surface area contributed by atoms with E-state index in [1.165, 1.54) is 31.4 Å². The zero-order valence-corrected chi connectivity index (χ0v) is 7.94. The van der Waals surface area contributed by atoms with Crippen molar-refractivity contribution < 1.29 is 38.3 Å². The number of carbonyl (C=O) groups is 2. The van der Waals surface area contributed by atoms with Gasteiger partial charge in [-0.3, -0.25) is 0 Å². The van der Waals surface area contributed by atoms with E-state index in [1.54, 1.807) is 0 Å². The number of esters is 1. The van der Waals surface area contributed by atoms with Crippen LogP contribution in [0.25, 0.3) is 0 Å². The second-order valence-electron chi connectivity index (χ2n) is 2.36. The van der Waals surface area contributed by atoms with Crippen molar-refractivity contribution in [2.24, 2.45) is 0 Å². The fourth-order valence-corrected chi connectivity index (χ4v) is 0.860. The van der Waals surface area contributed by atoms with E-state index in [0.29, 0.717) is 5.56 Å². The molecule has 0 saturated carbocycles. The minimum absolute atomic E-state index is 0. The van der Waals surface area contributed by atoms with Gasteiger partial charge in [0, 0.05) is 0 Å². The van der Waals surface area contributed by atoms with Gasteiger partial charge in [-0.15, -0.1) is 0 Å². The molecular weight excluding hydrogens is 179 g/mol. The molecule has 0 aliphatic heterocycles. The van der Waals surface area contributed by atoms with Crippen LogP contribution in [-0.2, 0) is 4.74 Å². The van der Waals surface area contributed by atoms with Gasteiger partial charge in [0.15, 0.2) is 0 Å². The Bertz CT molecular complexity index is 331. The number of carboxylic acid groups (broad SMARTS) is 1. The topological polar surface area (TPSA) is 66.4 Å². The Morgan fingerprint density at radius 3 is 1.93 bits per heavy atom. The van der Waals surface area contributed by atoms with Crippen molar-refractivity contribution in [1.29, 1.82) is 0 Å². The molecule has 0 spiro atoms. The molecule has 0 aliphatic carbocycles. The standard InChI is InChI=1S/C9H8O4.Li/c1-13-9(12)7-4-2-6(3-5-7)8(10)11;/h2-5H,1H3,(H,10,11);/q;+1/p-1. The molecular formula is C9H7LiO4. The van der Waals surface area contributed by atoms with E-state index in [4.69, 9.17) is 0 Å². The van der Waals surface area contributed by atoms with Gasteiger partial charge in [0.25, 0.3) is 0 Å². The summed E-state index contributed by atoms with van der Waals surface area (Å²) in [6, 6.07) is 5.33. The van der Waals surface area contributed by atoms with E-state index in [0.717, 1.165) is 0 Å². The summed E-state index contributed by atoms with van der Waals surface area (Å²) < 4.78 is 4.43. The first-order chi connectivity index (χ1) is 6.15. The van der Waals surface area contributed by atoms with Crippen molar-refractivity contribution in [2.45, 2.75) is 0 Å². The Morgan fingerprint density at radius 1 is 1.14 bits per heavy atom. The van der Waals surface area contributed by atoms with Gasteiger partial charge in [-0.05, 0) is 17.7 Å². The fourth-order valence-electron chi connectivity index (χ4n) is 0.860. The Morgan fingerprint density at radius 2 is 1.57 bits per heavy atom. The third-order valence-corrected chi connectivity index (χ3v) is 1.54. The Hall–Kier alpha value is -1.24. The molecule has 14 heavy (non-hydrogen) atoms. The normalized spacial score (nSPS) is 8.64. The first-order valence-corrected chi connectivity index (χ1v) is 3.55. The van der Waals surface area contributed by atoms with Crippen LogP contribution in [-0.4, -0.2) is 19.0 Å². The van der Waals surface area contributed by atoms with Crippen molar-refractivity contribution in [3.8, 4) is 0 Å². The van der Waals surface area contributed by atoms with Crippen LogP contribution in [0.1, 0.15) is 20.7 Å². The molecule has 1 rings (SSSR count). The molecule has 0 bridgehead atoms. The predicted octanol–water partition coefficient (Wildman–Crippen LogP) is -3.16. The zero-order valence-electron chi connectivity index (χ0n) is 7.94. The summed E-state index contributed by atoms with van der Waals surface area (Å²) in [4.78, 5) is 21.2. The minimum Gasteiger partial charge on any atom is -0.545 e. The number of carboxylic acids is 1. The third kappa shape index (κ3) is 2.91. The first kappa shape index (κ1) is 12.8. The van der Waals surface area contributed by atoms with Crippen molar-refractivity contribution in [1.82, 2.24) is 0 Å². The monoisotopic (exact) mass is 186 g/mol. The molecule has 0 unspecified atom stereocenters. The maximum atomic E-state index is 10.9. The van der Waals surface area contributed by atoms with Crippen LogP contribution in [0, 0.1) is 0 Å². The summed E-state index contributed by atoms with van der Waals surface area (Å²) >= 11 is 0. The molecule has 0 aliphatic rings. The van der Waals surface area contributed by atoms with Crippen molar-refractivity contribution in [3.63, 3.8) is 0 Å². The van der Waals surface area contributed by atoms with Crippen LogP contribution in [0.2, 0.25) is 0 Å². The number of methoxy groups -OCH3 is 1. The van der Waals surface area contributed by atoms with Crippen LogP contribution in [0.15, 0.2) is 24.3 Å². The van der Waals surface area contributed by atoms with Gasteiger partial charge in [0.1, 0.15) is 0 Å². The fraction of sp³-hybridized carbons (Fsp3) is 0.111. The molecule has 68 valence electrons. The van der Waals surface area contributed by atoms with Gasteiger partial charge >= 0.3 is 24.8 Å². The van der Waals surface area contributed by atoms with Crippen LogP contribution >= 0.6 is 0 Å². The van der Waals surface area contributed by atoms with Crippen molar-refractivity contribution in [2.75, 3.05) is 7.11 Å². The first-order valence-electron chi connectivity index (χ1n) is 3.55. The Balaban J connectivity index is 0.00000169. The molecule has 1 aromatic rings. The van der Waals surface area contributed by atoms with Crippen LogP contribution in [0.5, 0.6) is 0 Å². The molecule has 0 radical (unpaired) electrons. The number of aromatic carboxylic acids is 1. The summed E-state index contributed by atoms with van der Waals surface area (Å²) in [6.45, 7) is 0. The number of rotatable bonds is 2. The molecule has 5 heteroatoms. The largest absolute Gasteiger partial charge is 1.00 e. The number of benzene rings is 1. The van der Waals surface area contributed by atoms with E-state index in [1.807, 2.05) is 0 Å². The summed E-state index contributed by atoms with van der Waals surface area (Å²) in [6.07, 6.45) is 0. The summed E-state index contributed by atoms with van der Waals surface area (Å²) in [7, 11) is 1.26. The minimum atomic E-state index is -1.27. The van der Waals surface area contributed by atoms with E-state index in [2.05, 4.69) is 4.74 Å². The SMILES string of the molecule is COC(=O)c1ccc(C(=O)[O-])cc1.[Li+]. The molecule has 0 heterocycles. The molecule has 0 aromatic heterocycles. The average molecular weight is 186 g/mol. The smallest absolute Gasteiger partial charge is 0.545 e. The van der Waals surface area contributed by atoms with Gasteiger partial charge in [-0.2, -0.15) is 0 Å². The maximum Gasteiger partial charge on any atom is 1.00 e. The molecule has 0 saturated heterocycles. The Labute approximate surface area is 93.1 Å². The van der Waals surface area contributed by atoms with Gasteiger partial charge in [0.05, 0.1) is 18.6 Å². The van der Waals surface area contributed by atoms with E-state index >= 15 is 0 Å². The number of hydrogen-bond acceptors (Lipinski definition) is 4. The Kier molecular flexibility index (Phi) is 4.99. The molecule has 4 nitrogen and oxygen atoms in total. The quantitative estimate of drug-likeness (QED) is 0.361. The summed E-state index contributed by atoms with van der Waals surface area (Å²) in [5.41, 5.74) is 0.347. The number of ether oxygens (including phenoxy) is 1. The third-order valence-electron chi connectivity index (χ3n) is 1.54. The number of carbonyl (C=O) groups excluding carboxylic acids is 2. The van der Waals surface area contributed by atoms with Crippen LogP contribution in [0.3, 0.4) is 0 Å². The molecule has 1 aromatic carbocycles. The molecule has 0 fully saturated rings. The summed E-state index contributed by atoms with van der Waals surface area (Å²) in [5.74, 6) is -1.76. The van der Waals surface area contributed by atoms with Gasteiger partial charge in [0.2, 0.25) is 0 Å². The molecule has 0 atom stereocenters.